The number of rotatable bonds is 3. The maximum Gasteiger partial charge on any atom is 0.192 e. The fourth-order valence-electron chi connectivity index (χ4n) is 2.58. The Labute approximate surface area is 144 Å². The van der Waals surface area contributed by atoms with E-state index >= 15 is 0 Å². The molecular formula is C17H23Cl2NOSi. The van der Waals surface area contributed by atoms with Gasteiger partial charge in [-0.25, -0.2) is 0 Å². The van der Waals surface area contributed by atoms with Crippen molar-refractivity contribution in [3.05, 3.63) is 33.8 Å². The predicted octanol–water partition coefficient (Wildman–Crippen LogP) is 5.94. The first-order chi connectivity index (χ1) is 10.0. The van der Waals surface area contributed by atoms with Crippen LogP contribution in [0.4, 0.5) is 0 Å². The third-order valence-corrected chi connectivity index (χ3v) is 10.4. The van der Waals surface area contributed by atoms with Crippen LogP contribution in [0.25, 0.3) is 0 Å². The topological polar surface area (TPSA) is 33.0 Å². The van der Waals surface area contributed by atoms with Crippen LogP contribution in [-0.2, 0) is 9.84 Å². The molecule has 1 aromatic carbocycles. The Morgan fingerprint density at radius 2 is 1.82 bits per heavy atom. The van der Waals surface area contributed by atoms with Gasteiger partial charge in [-0.1, -0.05) is 50.0 Å². The zero-order chi connectivity index (χ0) is 16.8. The summed E-state index contributed by atoms with van der Waals surface area (Å²) < 4.78 is 6.40. The summed E-state index contributed by atoms with van der Waals surface area (Å²) in [6.45, 7) is 11.2. The first kappa shape index (κ1) is 17.8. The van der Waals surface area contributed by atoms with Crippen molar-refractivity contribution in [2.24, 2.45) is 0 Å². The van der Waals surface area contributed by atoms with Crippen molar-refractivity contribution in [1.82, 2.24) is 0 Å². The molecule has 2 rings (SSSR count). The van der Waals surface area contributed by atoms with Crippen LogP contribution in [0.1, 0.15) is 39.2 Å². The van der Waals surface area contributed by atoms with Gasteiger partial charge in [-0.2, -0.15) is 5.26 Å². The largest absolute Gasteiger partial charge is 0.414 e. The second-order valence-electron chi connectivity index (χ2n) is 7.73. The fourth-order valence-corrected chi connectivity index (χ4v) is 4.23. The number of nitrogens with zero attached hydrogens (tertiary/aromatic N) is 1. The van der Waals surface area contributed by atoms with Gasteiger partial charge in [0, 0.05) is 6.10 Å². The number of halogens is 2. The minimum Gasteiger partial charge on any atom is -0.414 e. The molecule has 0 spiro atoms. The van der Waals surface area contributed by atoms with Crippen LogP contribution in [0, 0.1) is 11.3 Å². The Morgan fingerprint density at radius 3 is 2.27 bits per heavy atom. The van der Waals surface area contributed by atoms with Crippen molar-refractivity contribution in [2.45, 2.75) is 63.3 Å². The lowest BCUT2D eigenvalue weighted by atomic mass is 9.64. The minimum absolute atomic E-state index is 0.162. The lowest BCUT2D eigenvalue weighted by Crippen LogP contribution is -2.52. The van der Waals surface area contributed by atoms with Gasteiger partial charge in [0.25, 0.3) is 0 Å². The fraction of sp³-hybridized carbons (Fsp3) is 0.588. The van der Waals surface area contributed by atoms with Gasteiger partial charge in [0.15, 0.2) is 8.32 Å². The van der Waals surface area contributed by atoms with Crippen LogP contribution < -0.4 is 0 Å². The summed E-state index contributed by atoms with van der Waals surface area (Å²) in [5, 5.41) is 10.9. The molecule has 22 heavy (non-hydrogen) atoms. The van der Waals surface area contributed by atoms with E-state index in [0.29, 0.717) is 10.0 Å². The van der Waals surface area contributed by atoms with Gasteiger partial charge in [-0.3, -0.25) is 0 Å². The Morgan fingerprint density at radius 1 is 1.23 bits per heavy atom. The van der Waals surface area contributed by atoms with Gasteiger partial charge in [-0.05, 0) is 48.7 Å². The normalized spacial score (nSPS) is 25.5. The lowest BCUT2D eigenvalue weighted by molar-refractivity contribution is 0.0544. The molecule has 1 aliphatic rings. The lowest BCUT2D eigenvalue weighted by Gasteiger charge is -2.48. The average Bonchev–Trinajstić information content (AvgIpc) is 2.35. The zero-order valence-corrected chi connectivity index (χ0v) is 16.3. The molecule has 0 N–H and O–H groups in total. The van der Waals surface area contributed by atoms with E-state index in [1.54, 1.807) is 6.07 Å². The molecule has 5 heteroatoms. The van der Waals surface area contributed by atoms with Crippen LogP contribution >= 0.6 is 23.2 Å². The number of benzene rings is 1. The van der Waals surface area contributed by atoms with E-state index in [0.717, 1.165) is 18.4 Å². The summed E-state index contributed by atoms with van der Waals surface area (Å²) in [5.41, 5.74) is 0.459. The molecule has 2 nitrogen and oxygen atoms in total. The summed E-state index contributed by atoms with van der Waals surface area (Å²) in [5.74, 6) is 0. The molecule has 0 atom stereocenters. The van der Waals surface area contributed by atoms with E-state index in [1.165, 1.54) is 0 Å². The molecular weight excluding hydrogens is 333 g/mol. The highest BCUT2D eigenvalue weighted by Crippen LogP contribution is 2.49. The molecule has 120 valence electrons. The van der Waals surface area contributed by atoms with E-state index < -0.39 is 13.7 Å². The van der Waals surface area contributed by atoms with E-state index in [1.807, 2.05) is 12.1 Å². The van der Waals surface area contributed by atoms with Gasteiger partial charge >= 0.3 is 0 Å². The maximum atomic E-state index is 9.66. The second kappa shape index (κ2) is 5.83. The maximum absolute atomic E-state index is 9.66. The highest BCUT2D eigenvalue weighted by molar-refractivity contribution is 6.74. The Kier molecular flexibility index (Phi) is 4.72. The summed E-state index contributed by atoms with van der Waals surface area (Å²) in [4.78, 5) is 0. The summed E-state index contributed by atoms with van der Waals surface area (Å²) >= 11 is 12.1. The van der Waals surface area contributed by atoms with Crippen LogP contribution in [-0.4, -0.2) is 14.4 Å². The molecule has 1 fully saturated rings. The number of hydrogen-bond acceptors (Lipinski definition) is 2. The molecule has 0 bridgehead atoms. The molecule has 0 amide bonds. The molecule has 1 aliphatic carbocycles. The van der Waals surface area contributed by atoms with Gasteiger partial charge in [0.05, 0.1) is 21.5 Å². The molecule has 0 aliphatic heterocycles. The van der Waals surface area contributed by atoms with E-state index in [2.05, 4.69) is 39.9 Å². The van der Waals surface area contributed by atoms with Crippen LogP contribution in [0.15, 0.2) is 18.2 Å². The average molecular weight is 356 g/mol. The SMILES string of the molecule is CC(C)(C)[Si](C)(C)OC1CC(C#N)(c2ccc(Cl)c(Cl)c2)C1. The molecule has 0 aromatic heterocycles. The van der Waals surface area contributed by atoms with Gasteiger partial charge in [0.2, 0.25) is 0 Å². The van der Waals surface area contributed by atoms with Crippen LogP contribution in [0.5, 0.6) is 0 Å². The molecule has 0 saturated heterocycles. The molecule has 1 saturated carbocycles. The number of nitriles is 1. The van der Waals surface area contributed by atoms with Crippen LogP contribution in [0.2, 0.25) is 28.2 Å². The summed E-state index contributed by atoms with van der Waals surface area (Å²) in [6, 6.07) is 7.95. The van der Waals surface area contributed by atoms with Crippen molar-refractivity contribution >= 4 is 31.5 Å². The van der Waals surface area contributed by atoms with E-state index in [9.17, 15) is 5.26 Å². The summed E-state index contributed by atoms with van der Waals surface area (Å²) in [7, 11) is -1.79. The third-order valence-electron chi connectivity index (χ3n) is 5.11. The second-order valence-corrected chi connectivity index (χ2v) is 13.3. The van der Waals surface area contributed by atoms with Crippen LogP contribution in [0.3, 0.4) is 0 Å². The van der Waals surface area contributed by atoms with Gasteiger partial charge in [0.1, 0.15) is 0 Å². The first-order valence-corrected chi connectivity index (χ1v) is 11.2. The van der Waals surface area contributed by atoms with E-state index in [4.69, 9.17) is 27.6 Å². The predicted molar refractivity (Wildman–Crippen MR) is 95.1 cm³/mol. The van der Waals surface area contributed by atoms with Crippen molar-refractivity contribution in [3.63, 3.8) is 0 Å². The summed E-state index contributed by atoms with van der Waals surface area (Å²) in [6.07, 6.45) is 1.62. The Hall–Kier alpha value is -0.533. The highest BCUT2D eigenvalue weighted by atomic mass is 35.5. The standard InChI is InChI=1S/C17H23Cl2NOSi/c1-16(2,3)22(4,5)21-13-9-17(10-13,11-20)12-6-7-14(18)15(19)8-12/h6-8,13H,9-10H2,1-5H3. The zero-order valence-electron chi connectivity index (χ0n) is 13.8. The van der Waals surface area contributed by atoms with Gasteiger partial charge < -0.3 is 4.43 Å². The van der Waals surface area contributed by atoms with Crippen molar-refractivity contribution in [3.8, 4) is 6.07 Å². The third kappa shape index (κ3) is 3.21. The van der Waals surface area contributed by atoms with Crippen molar-refractivity contribution in [2.75, 3.05) is 0 Å². The quantitative estimate of drug-likeness (QED) is 0.628. The van der Waals surface area contributed by atoms with Gasteiger partial charge in [-0.15, -0.1) is 0 Å². The number of hydrogen-bond donors (Lipinski definition) is 0. The van der Waals surface area contributed by atoms with Crippen molar-refractivity contribution < 1.29 is 4.43 Å². The monoisotopic (exact) mass is 355 g/mol. The highest BCUT2D eigenvalue weighted by Gasteiger charge is 2.50. The van der Waals surface area contributed by atoms with E-state index in [-0.39, 0.29) is 11.1 Å². The smallest absolute Gasteiger partial charge is 0.192 e. The molecule has 1 aromatic rings. The minimum atomic E-state index is -1.79. The molecule has 0 heterocycles. The first-order valence-electron chi connectivity index (χ1n) is 7.55. The Bertz CT molecular complexity index is 610. The molecule has 0 radical (unpaired) electrons. The Balaban J connectivity index is 2.12. The molecule has 0 unspecified atom stereocenters. The van der Waals surface area contributed by atoms with Crippen molar-refractivity contribution in [1.29, 1.82) is 5.26 Å².